The zero-order valence-corrected chi connectivity index (χ0v) is 15.6. The van der Waals surface area contributed by atoms with Crippen LogP contribution in [0.1, 0.15) is 12.0 Å². The van der Waals surface area contributed by atoms with Gasteiger partial charge in [-0.2, -0.15) is 0 Å². The Hall–Kier alpha value is -2.02. The van der Waals surface area contributed by atoms with Crippen LogP contribution in [0.15, 0.2) is 36.5 Å². The molecule has 2 atom stereocenters. The minimum atomic E-state index is 0.0779. The number of rotatable bonds is 6. The normalized spacial score (nSPS) is 23.6. The summed E-state index contributed by atoms with van der Waals surface area (Å²) in [6.45, 7) is 5.43. The van der Waals surface area contributed by atoms with Gasteiger partial charge in [-0.25, -0.2) is 0 Å². The fraction of sp³-hybridized carbons (Fsp3) is 0.524. The first-order chi connectivity index (χ1) is 13.3. The number of amides is 1. The molecule has 2 fully saturated rings. The fourth-order valence-electron chi connectivity index (χ4n) is 3.94. The van der Waals surface area contributed by atoms with Crippen LogP contribution in [0.5, 0.6) is 0 Å². The van der Waals surface area contributed by atoms with Gasteiger partial charge in [0.15, 0.2) is 0 Å². The maximum atomic E-state index is 12.4. The molecule has 2 unspecified atom stereocenters. The van der Waals surface area contributed by atoms with Crippen LogP contribution in [-0.2, 0) is 20.7 Å². The molecule has 6 heteroatoms. The molecule has 1 aromatic carbocycles. The van der Waals surface area contributed by atoms with E-state index in [1.54, 1.807) is 0 Å². The van der Waals surface area contributed by atoms with Crippen LogP contribution in [0.2, 0.25) is 0 Å². The van der Waals surface area contributed by atoms with Crippen LogP contribution in [0, 0.1) is 5.92 Å². The van der Waals surface area contributed by atoms with Crippen molar-refractivity contribution in [1.82, 2.24) is 15.2 Å². The number of morpholine rings is 1. The van der Waals surface area contributed by atoms with Gasteiger partial charge in [0.2, 0.25) is 5.91 Å². The van der Waals surface area contributed by atoms with Crippen molar-refractivity contribution < 1.29 is 14.3 Å². The molecule has 0 saturated carbocycles. The molecule has 27 heavy (non-hydrogen) atoms. The van der Waals surface area contributed by atoms with Crippen LogP contribution in [0.25, 0.3) is 10.9 Å². The molecule has 2 aliphatic heterocycles. The quantitative estimate of drug-likeness (QED) is 0.839. The first-order valence-electron chi connectivity index (χ1n) is 9.79. The van der Waals surface area contributed by atoms with Gasteiger partial charge in [-0.1, -0.05) is 18.2 Å². The molecule has 1 N–H and O–H groups in total. The number of aromatic nitrogens is 1. The van der Waals surface area contributed by atoms with Gasteiger partial charge in [0.25, 0.3) is 0 Å². The Bertz CT molecular complexity index is 771. The first-order valence-corrected chi connectivity index (χ1v) is 9.79. The van der Waals surface area contributed by atoms with Gasteiger partial charge in [0, 0.05) is 43.6 Å². The molecular weight excluding hydrogens is 342 g/mol. The number of benzene rings is 1. The molecule has 2 aromatic rings. The Morgan fingerprint density at radius 2 is 2.00 bits per heavy atom. The van der Waals surface area contributed by atoms with E-state index in [9.17, 15) is 4.79 Å². The standard InChI is InChI=1S/C21H27N3O3/c25-21(6-8-24-9-11-26-12-10-24)23-20-15-27-14-17(20)13-16-5-7-22-19-4-2-1-3-18(16)19/h1-5,7,17,20H,6,8-15H2,(H,23,25). The number of nitrogens with zero attached hydrogens (tertiary/aromatic N) is 2. The van der Waals surface area contributed by atoms with E-state index in [1.807, 2.05) is 24.4 Å². The average molecular weight is 369 g/mol. The van der Waals surface area contributed by atoms with E-state index in [0.717, 1.165) is 44.8 Å². The fourth-order valence-corrected chi connectivity index (χ4v) is 3.94. The lowest BCUT2D eigenvalue weighted by Crippen LogP contribution is -2.43. The Morgan fingerprint density at radius 3 is 2.89 bits per heavy atom. The van der Waals surface area contributed by atoms with Crippen LogP contribution >= 0.6 is 0 Å². The molecule has 1 aromatic heterocycles. The molecule has 3 heterocycles. The van der Waals surface area contributed by atoms with E-state index in [1.165, 1.54) is 10.9 Å². The van der Waals surface area contributed by atoms with Crippen molar-refractivity contribution in [1.29, 1.82) is 0 Å². The number of carbonyl (C=O) groups excluding carboxylic acids is 1. The Balaban J connectivity index is 1.34. The van der Waals surface area contributed by atoms with E-state index >= 15 is 0 Å². The second-order valence-corrected chi connectivity index (χ2v) is 7.37. The third-order valence-corrected chi connectivity index (χ3v) is 5.52. The number of nitrogens with one attached hydrogen (secondary N) is 1. The van der Waals surface area contributed by atoms with E-state index < -0.39 is 0 Å². The molecule has 0 aliphatic carbocycles. The Kier molecular flexibility index (Phi) is 5.97. The maximum Gasteiger partial charge on any atom is 0.221 e. The molecule has 4 rings (SSSR count). The summed E-state index contributed by atoms with van der Waals surface area (Å²) in [6, 6.07) is 10.4. The number of carbonyl (C=O) groups is 1. The van der Waals surface area contributed by atoms with Crippen LogP contribution in [-0.4, -0.2) is 67.9 Å². The number of ether oxygens (including phenoxy) is 2. The Labute approximate surface area is 159 Å². The molecule has 144 valence electrons. The van der Waals surface area contributed by atoms with E-state index in [0.29, 0.717) is 25.6 Å². The van der Waals surface area contributed by atoms with Crippen molar-refractivity contribution in [2.75, 3.05) is 46.1 Å². The highest BCUT2D eigenvalue weighted by Crippen LogP contribution is 2.24. The topological polar surface area (TPSA) is 63.7 Å². The highest BCUT2D eigenvalue weighted by atomic mass is 16.5. The SMILES string of the molecule is O=C(CCN1CCOCC1)NC1COCC1Cc1ccnc2ccccc12. The molecule has 2 aliphatic rings. The smallest absolute Gasteiger partial charge is 0.221 e. The zero-order chi connectivity index (χ0) is 18.5. The van der Waals surface area contributed by atoms with E-state index in [2.05, 4.69) is 27.3 Å². The number of pyridine rings is 1. The highest BCUT2D eigenvalue weighted by molar-refractivity contribution is 5.82. The van der Waals surface area contributed by atoms with Gasteiger partial charge in [-0.3, -0.25) is 14.7 Å². The van der Waals surface area contributed by atoms with Crippen molar-refractivity contribution in [2.45, 2.75) is 18.9 Å². The summed E-state index contributed by atoms with van der Waals surface area (Å²) in [5, 5.41) is 4.38. The van der Waals surface area contributed by atoms with Gasteiger partial charge < -0.3 is 14.8 Å². The number of hydrogen-bond acceptors (Lipinski definition) is 5. The van der Waals surface area contributed by atoms with Crippen LogP contribution < -0.4 is 5.32 Å². The van der Waals surface area contributed by atoms with Crippen molar-refractivity contribution in [3.63, 3.8) is 0 Å². The maximum absolute atomic E-state index is 12.4. The van der Waals surface area contributed by atoms with E-state index in [4.69, 9.17) is 9.47 Å². The molecule has 6 nitrogen and oxygen atoms in total. The molecule has 1 amide bonds. The summed E-state index contributed by atoms with van der Waals surface area (Å²) in [5.74, 6) is 0.407. The molecule has 0 spiro atoms. The molecular formula is C21H27N3O3. The molecule has 0 bridgehead atoms. The lowest BCUT2D eigenvalue weighted by molar-refractivity contribution is -0.122. The second kappa shape index (κ2) is 8.78. The Morgan fingerprint density at radius 1 is 1.15 bits per heavy atom. The largest absolute Gasteiger partial charge is 0.379 e. The van der Waals surface area contributed by atoms with Gasteiger partial charge in [-0.05, 0) is 24.1 Å². The lowest BCUT2D eigenvalue weighted by Gasteiger charge is -2.26. The summed E-state index contributed by atoms with van der Waals surface area (Å²) in [7, 11) is 0. The van der Waals surface area contributed by atoms with Gasteiger partial charge in [0.05, 0.1) is 38.0 Å². The van der Waals surface area contributed by atoms with Crippen LogP contribution in [0.4, 0.5) is 0 Å². The predicted molar refractivity (Wildman–Crippen MR) is 104 cm³/mol. The van der Waals surface area contributed by atoms with Crippen molar-refractivity contribution in [2.24, 2.45) is 5.92 Å². The third kappa shape index (κ3) is 4.64. The second-order valence-electron chi connectivity index (χ2n) is 7.37. The zero-order valence-electron chi connectivity index (χ0n) is 15.6. The highest BCUT2D eigenvalue weighted by Gasteiger charge is 2.30. The van der Waals surface area contributed by atoms with E-state index in [-0.39, 0.29) is 11.9 Å². The van der Waals surface area contributed by atoms with Gasteiger partial charge in [-0.15, -0.1) is 0 Å². The number of para-hydroxylation sites is 1. The summed E-state index contributed by atoms with van der Waals surface area (Å²) in [4.78, 5) is 19.1. The van der Waals surface area contributed by atoms with Crippen LogP contribution in [0.3, 0.4) is 0 Å². The minimum Gasteiger partial charge on any atom is -0.379 e. The third-order valence-electron chi connectivity index (χ3n) is 5.52. The summed E-state index contributed by atoms with van der Waals surface area (Å²) in [6.07, 6.45) is 3.28. The van der Waals surface area contributed by atoms with Crippen molar-refractivity contribution in [3.05, 3.63) is 42.1 Å². The monoisotopic (exact) mass is 369 g/mol. The van der Waals surface area contributed by atoms with Crippen molar-refractivity contribution in [3.8, 4) is 0 Å². The lowest BCUT2D eigenvalue weighted by atomic mass is 9.93. The minimum absolute atomic E-state index is 0.0779. The summed E-state index contributed by atoms with van der Waals surface area (Å²) < 4.78 is 11.0. The van der Waals surface area contributed by atoms with Gasteiger partial charge in [0.1, 0.15) is 0 Å². The number of fused-ring (bicyclic) bond motifs is 1. The predicted octanol–water partition coefficient (Wildman–Crippen LogP) is 1.63. The summed E-state index contributed by atoms with van der Waals surface area (Å²) >= 11 is 0. The van der Waals surface area contributed by atoms with Gasteiger partial charge >= 0.3 is 0 Å². The molecule has 0 radical (unpaired) electrons. The molecule has 2 saturated heterocycles. The number of hydrogen-bond donors (Lipinski definition) is 1. The van der Waals surface area contributed by atoms with Crippen molar-refractivity contribution >= 4 is 16.8 Å². The summed E-state index contributed by atoms with van der Waals surface area (Å²) in [5.41, 5.74) is 2.28. The average Bonchev–Trinajstić information content (AvgIpc) is 3.14. The first kappa shape index (κ1) is 18.3.